The zero-order valence-corrected chi connectivity index (χ0v) is 14.5. The van der Waals surface area contributed by atoms with E-state index >= 15 is 0 Å². The van der Waals surface area contributed by atoms with Gasteiger partial charge in [-0.15, -0.1) is 0 Å². The number of rotatable bonds is 5. The molecule has 10 heteroatoms. The minimum absolute atomic E-state index is 0.0759. The number of ether oxygens (including phenoxy) is 1. The molecule has 26 heavy (non-hydrogen) atoms. The largest absolute Gasteiger partial charge is 0.495 e. The Bertz CT molecular complexity index is 927. The number of nitrogens with one attached hydrogen (secondary N) is 2. The van der Waals surface area contributed by atoms with E-state index in [-0.39, 0.29) is 16.3 Å². The second-order valence-corrected chi connectivity index (χ2v) is 6.87. The summed E-state index contributed by atoms with van der Waals surface area (Å²) in [7, 11) is -3.01. The van der Waals surface area contributed by atoms with Crippen LogP contribution in [0.1, 0.15) is 12.5 Å². The first-order valence-electron chi connectivity index (χ1n) is 7.19. The van der Waals surface area contributed by atoms with Crippen LogP contribution in [-0.4, -0.2) is 21.4 Å². The third kappa shape index (κ3) is 4.45. The summed E-state index contributed by atoms with van der Waals surface area (Å²) in [5.74, 6) is -0.261. The Morgan fingerprint density at radius 1 is 1.08 bits per heavy atom. The summed E-state index contributed by atoms with van der Waals surface area (Å²) in [5, 5.41) is 2.40. The molecule has 0 aliphatic heterocycles. The fourth-order valence-corrected chi connectivity index (χ4v) is 3.27. The smallest absolute Gasteiger partial charge is 0.418 e. The molecule has 0 spiro atoms. The molecular weight excluding hydrogens is 373 g/mol. The number of carbonyl (C=O) groups excluding carboxylic acids is 1. The molecule has 0 atom stereocenters. The highest BCUT2D eigenvalue weighted by Crippen LogP contribution is 2.36. The summed E-state index contributed by atoms with van der Waals surface area (Å²) in [5.41, 5.74) is -1.64. The summed E-state index contributed by atoms with van der Waals surface area (Å²) in [6.07, 6.45) is -4.72. The van der Waals surface area contributed by atoms with Crippen LogP contribution in [0.4, 0.5) is 24.5 Å². The number of halogens is 3. The lowest BCUT2D eigenvalue weighted by molar-refractivity contribution is -0.136. The molecule has 6 nitrogen and oxygen atoms in total. The third-order valence-electron chi connectivity index (χ3n) is 3.27. The maximum atomic E-state index is 13.0. The van der Waals surface area contributed by atoms with Crippen LogP contribution >= 0.6 is 0 Å². The summed E-state index contributed by atoms with van der Waals surface area (Å²) in [6, 6.07) is 7.76. The lowest BCUT2D eigenvalue weighted by Crippen LogP contribution is -2.17. The molecule has 0 aliphatic carbocycles. The molecule has 0 bridgehead atoms. The zero-order valence-electron chi connectivity index (χ0n) is 13.7. The van der Waals surface area contributed by atoms with Gasteiger partial charge in [0.25, 0.3) is 10.0 Å². The summed E-state index contributed by atoms with van der Waals surface area (Å²) < 4.78 is 71.0. The maximum Gasteiger partial charge on any atom is 0.418 e. The highest BCUT2D eigenvalue weighted by Gasteiger charge is 2.34. The first kappa shape index (κ1) is 19.6. The molecule has 140 valence electrons. The molecule has 0 saturated carbocycles. The van der Waals surface area contributed by atoms with Crippen molar-refractivity contribution in [3.63, 3.8) is 0 Å². The minimum Gasteiger partial charge on any atom is -0.495 e. The van der Waals surface area contributed by atoms with Gasteiger partial charge in [-0.05, 0) is 30.3 Å². The van der Waals surface area contributed by atoms with Gasteiger partial charge in [-0.2, -0.15) is 13.2 Å². The van der Waals surface area contributed by atoms with Gasteiger partial charge >= 0.3 is 6.18 Å². The van der Waals surface area contributed by atoms with Crippen molar-refractivity contribution in [1.29, 1.82) is 0 Å². The van der Waals surface area contributed by atoms with Crippen molar-refractivity contribution in [2.75, 3.05) is 17.1 Å². The monoisotopic (exact) mass is 388 g/mol. The number of benzene rings is 2. The van der Waals surface area contributed by atoms with Gasteiger partial charge in [0.1, 0.15) is 5.75 Å². The van der Waals surface area contributed by atoms with Crippen molar-refractivity contribution in [2.45, 2.75) is 18.0 Å². The maximum absolute atomic E-state index is 13.0. The van der Waals surface area contributed by atoms with Crippen molar-refractivity contribution in [3.05, 3.63) is 48.0 Å². The van der Waals surface area contributed by atoms with Gasteiger partial charge in [0.2, 0.25) is 5.91 Å². The molecular formula is C16H15F3N2O4S. The lowest BCUT2D eigenvalue weighted by atomic mass is 10.2. The van der Waals surface area contributed by atoms with E-state index in [9.17, 15) is 26.4 Å². The van der Waals surface area contributed by atoms with E-state index in [1.165, 1.54) is 26.2 Å². The van der Waals surface area contributed by atoms with Crippen LogP contribution in [0.15, 0.2) is 47.4 Å². The molecule has 2 N–H and O–H groups in total. The number of hydrogen-bond donors (Lipinski definition) is 2. The molecule has 0 heterocycles. The Morgan fingerprint density at radius 3 is 2.31 bits per heavy atom. The van der Waals surface area contributed by atoms with Gasteiger partial charge in [-0.1, -0.05) is 12.1 Å². The van der Waals surface area contributed by atoms with Crippen LogP contribution in [0.25, 0.3) is 0 Å². The van der Waals surface area contributed by atoms with E-state index < -0.39 is 33.4 Å². The standard InChI is InChI=1S/C16H15F3N2O4S/c1-10(22)20-14-9-11(7-8-15(14)25-2)26(23,24)21-13-6-4-3-5-12(13)16(17,18)19/h3-9,21H,1-2H3,(H,20,22). The van der Waals surface area contributed by atoms with Gasteiger partial charge in [-0.25, -0.2) is 8.42 Å². The van der Waals surface area contributed by atoms with Gasteiger partial charge in [0.05, 0.1) is 28.9 Å². The Labute approximate surface area is 148 Å². The number of amides is 1. The summed E-state index contributed by atoms with van der Waals surface area (Å²) in [6.45, 7) is 1.22. The number of methoxy groups -OCH3 is 1. The number of alkyl halides is 3. The number of sulfonamides is 1. The van der Waals surface area contributed by atoms with Crippen LogP contribution in [-0.2, 0) is 21.0 Å². The fraction of sp³-hybridized carbons (Fsp3) is 0.188. The molecule has 1 amide bonds. The highest BCUT2D eigenvalue weighted by atomic mass is 32.2. The third-order valence-corrected chi connectivity index (χ3v) is 4.63. The molecule has 2 rings (SSSR count). The second-order valence-electron chi connectivity index (χ2n) is 5.19. The number of hydrogen-bond acceptors (Lipinski definition) is 4. The predicted octanol–water partition coefficient (Wildman–Crippen LogP) is 3.47. The molecule has 0 saturated heterocycles. The number of carbonyl (C=O) groups is 1. The van der Waals surface area contributed by atoms with Crippen molar-refractivity contribution < 1.29 is 31.1 Å². The molecule has 0 aliphatic rings. The quantitative estimate of drug-likeness (QED) is 0.821. The highest BCUT2D eigenvalue weighted by molar-refractivity contribution is 7.92. The van der Waals surface area contributed by atoms with Crippen LogP contribution in [0.3, 0.4) is 0 Å². The van der Waals surface area contributed by atoms with Gasteiger partial charge in [0.15, 0.2) is 0 Å². The minimum atomic E-state index is -4.72. The molecule has 0 radical (unpaired) electrons. The zero-order chi connectivity index (χ0) is 19.5. The molecule has 2 aromatic rings. The lowest BCUT2D eigenvalue weighted by Gasteiger charge is -2.16. The average molecular weight is 388 g/mol. The van der Waals surface area contributed by atoms with E-state index in [2.05, 4.69) is 5.32 Å². The van der Waals surface area contributed by atoms with Crippen molar-refractivity contribution in [2.24, 2.45) is 0 Å². The summed E-state index contributed by atoms with van der Waals surface area (Å²) >= 11 is 0. The molecule has 0 aromatic heterocycles. The Balaban J connectivity index is 2.45. The molecule has 0 unspecified atom stereocenters. The van der Waals surface area contributed by atoms with E-state index in [1.807, 2.05) is 4.72 Å². The first-order chi connectivity index (χ1) is 12.0. The van der Waals surface area contributed by atoms with Crippen molar-refractivity contribution in [1.82, 2.24) is 0 Å². The Morgan fingerprint density at radius 2 is 1.73 bits per heavy atom. The normalized spacial score (nSPS) is 11.7. The molecule has 0 fully saturated rings. The summed E-state index contributed by atoms with van der Waals surface area (Å²) in [4.78, 5) is 10.9. The average Bonchev–Trinajstić information content (AvgIpc) is 2.53. The Kier molecular flexibility index (Phi) is 5.45. The number of para-hydroxylation sites is 1. The van der Waals surface area contributed by atoms with Crippen LogP contribution in [0.2, 0.25) is 0 Å². The van der Waals surface area contributed by atoms with Crippen molar-refractivity contribution >= 4 is 27.3 Å². The number of anilines is 2. The van der Waals surface area contributed by atoms with Gasteiger partial charge in [-0.3, -0.25) is 9.52 Å². The second kappa shape index (κ2) is 7.24. The van der Waals surface area contributed by atoms with Gasteiger partial charge in [0, 0.05) is 6.92 Å². The van der Waals surface area contributed by atoms with Crippen LogP contribution < -0.4 is 14.8 Å². The van der Waals surface area contributed by atoms with Gasteiger partial charge < -0.3 is 10.1 Å². The first-order valence-corrected chi connectivity index (χ1v) is 8.67. The van der Waals surface area contributed by atoms with Crippen molar-refractivity contribution in [3.8, 4) is 5.75 Å². The molecule has 2 aromatic carbocycles. The van der Waals surface area contributed by atoms with E-state index in [0.717, 1.165) is 30.3 Å². The SMILES string of the molecule is COc1ccc(S(=O)(=O)Nc2ccccc2C(F)(F)F)cc1NC(C)=O. The predicted molar refractivity (Wildman–Crippen MR) is 89.6 cm³/mol. The topological polar surface area (TPSA) is 84.5 Å². The van der Waals surface area contributed by atoms with Crippen LogP contribution in [0, 0.1) is 0 Å². The fourth-order valence-electron chi connectivity index (χ4n) is 2.16. The Hall–Kier alpha value is -2.75. The van der Waals surface area contributed by atoms with E-state index in [4.69, 9.17) is 4.74 Å². The van der Waals surface area contributed by atoms with E-state index in [0.29, 0.717) is 0 Å². The van der Waals surface area contributed by atoms with Crippen LogP contribution in [0.5, 0.6) is 5.75 Å². The van der Waals surface area contributed by atoms with E-state index in [1.54, 1.807) is 0 Å².